The van der Waals surface area contributed by atoms with E-state index in [9.17, 15) is 4.79 Å². The molecule has 4 N–H and O–H groups in total. The number of amides is 2. The van der Waals surface area contributed by atoms with Crippen molar-refractivity contribution in [3.8, 4) is 0 Å². The van der Waals surface area contributed by atoms with E-state index < -0.39 is 0 Å². The molecule has 0 unspecified atom stereocenters. The lowest BCUT2D eigenvalue weighted by atomic mass is 9.92. The van der Waals surface area contributed by atoms with Crippen molar-refractivity contribution in [1.82, 2.24) is 5.32 Å². The van der Waals surface area contributed by atoms with Gasteiger partial charge >= 0.3 is 6.03 Å². The van der Waals surface area contributed by atoms with Crippen molar-refractivity contribution in [3.63, 3.8) is 0 Å². The molecule has 0 heterocycles. The summed E-state index contributed by atoms with van der Waals surface area (Å²) < 4.78 is 0. The first-order valence-electron chi connectivity index (χ1n) is 5.77. The normalized spacial score (nSPS) is 11.0. The summed E-state index contributed by atoms with van der Waals surface area (Å²) in [5.74, 6) is 0. The third-order valence-electron chi connectivity index (χ3n) is 2.31. The number of rotatable bonds is 3. The van der Waals surface area contributed by atoms with Gasteiger partial charge in [0.05, 0.1) is 0 Å². The van der Waals surface area contributed by atoms with Crippen LogP contribution in [0.2, 0.25) is 0 Å². The van der Waals surface area contributed by atoms with E-state index in [1.165, 1.54) is 0 Å². The summed E-state index contributed by atoms with van der Waals surface area (Å²) in [5, 5.41) is 5.56. The van der Waals surface area contributed by atoms with Crippen LogP contribution in [-0.4, -0.2) is 12.6 Å². The largest absolute Gasteiger partial charge is 0.399 e. The topological polar surface area (TPSA) is 67.2 Å². The number of hydrogen-bond acceptors (Lipinski definition) is 2. The van der Waals surface area contributed by atoms with Crippen molar-refractivity contribution in [2.45, 2.75) is 27.2 Å². The van der Waals surface area contributed by atoms with Crippen LogP contribution in [0.25, 0.3) is 0 Å². The molecule has 4 nitrogen and oxygen atoms in total. The number of carbonyl (C=O) groups is 1. The summed E-state index contributed by atoms with van der Waals surface area (Å²) in [6.45, 7) is 7.09. The van der Waals surface area contributed by atoms with Gasteiger partial charge in [-0.2, -0.15) is 0 Å². The quantitative estimate of drug-likeness (QED) is 0.705. The Labute approximate surface area is 103 Å². The molecule has 0 saturated carbocycles. The number of carbonyl (C=O) groups excluding carboxylic acids is 1. The highest BCUT2D eigenvalue weighted by Gasteiger charge is 2.10. The second-order valence-corrected chi connectivity index (χ2v) is 5.32. The molecule has 0 radical (unpaired) electrons. The average molecular weight is 235 g/mol. The molecule has 0 atom stereocenters. The molecule has 0 fully saturated rings. The number of nitrogens with two attached hydrogens (primary N) is 1. The zero-order valence-corrected chi connectivity index (χ0v) is 10.7. The molecule has 0 aliphatic carbocycles. The Hall–Kier alpha value is -1.71. The molecular weight excluding hydrogens is 214 g/mol. The van der Waals surface area contributed by atoms with E-state index in [1.54, 1.807) is 24.3 Å². The highest BCUT2D eigenvalue weighted by atomic mass is 16.2. The minimum absolute atomic E-state index is 0.195. The lowest BCUT2D eigenvalue weighted by Gasteiger charge is -2.18. The Morgan fingerprint density at radius 1 is 1.35 bits per heavy atom. The van der Waals surface area contributed by atoms with Gasteiger partial charge in [0.1, 0.15) is 0 Å². The lowest BCUT2D eigenvalue weighted by Crippen LogP contribution is -2.31. The maximum absolute atomic E-state index is 11.5. The van der Waals surface area contributed by atoms with E-state index in [2.05, 4.69) is 31.4 Å². The number of urea groups is 1. The fourth-order valence-electron chi connectivity index (χ4n) is 1.34. The van der Waals surface area contributed by atoms with E-state index in [4.69, 9.17) is 5.73 Å². The Balaban J connectivity index is 2.35. The lowest BCUT2D eigenvalue weighted by molar-refractivity contribution is 0.250. The minimum atomic E-state index is -0.195. The molecule has 4 heteroatoms. The maximum Gasteiger partial charge on any atom is 0.319 e. The summed E-state index contributed by atoms with van der Waals surface area (Å²) in [7, 11) is 0. The van der Waals surface area contributed by atoms with Gasteiger partial charge in [0.15, 0.2) is 0 Å². The molecule has 1 aromatic carbocycles. The van der Waals surface area contributed by atoms with Crippen LogP contribution in [0.15, 0.2) is 24.3 Å². The minimum Gasteiger partial charge on any atom is -0.399 e. The monoisotopic (exact) mass is 235 g/mol. The van der Waals surface area contributed by atoms with Crippen molar-refractivity contribution in [3.05, 3.63) is 24.3 Å². The smallest absolute Gasteiger partial charge is 0.319 e. The van der Waals surface area contributed by atoms with Crippen LogP contribution in [-0.2, 0) is 0 Å². The molecule has 0 saturated heterocycles. The van der Waals surface area contributed by atoms with Gasteiger partial charge < -0.3 is 16.4 Å². The molecule has 0 bridgehead atoms. The fraction of sp³-hybridized carbons (Fsp3) is 0.462. The number of nitrogen functional groups attached to an aromatic ring is 1. The first-order valence-corrected chi connectivity index (χ1v) is 5.77. The highest BCUT2D eigenvalue weighted by Crippen LogP contribution is 2.17. The van der Waals surface area contributed by atoms with Crippen LogP contribution >= 0.6 is 0 Å². The number of anilines is 2. The summed E-state index contributed by atoms with van der Waals surface area (Å²) in [6.07, 6.45) is 0.942. The molecule has 2 amide bonds. The van der Waals surface area contributed by atoms with E-state index in [0.717, 1.165) is 6.42 Å². The number of hydrogen-bond donors (Lipinski definition) is 3. The molecule has 1 rings (SSSR count). The van der Waals surface area contributed by atoms with E-state index in [0.29, 0.717) is 17.9 Å². The van der Waals surface area contributed by atoms with Crippen LogP contribution in [0.5, 0.6) is 0 Å². The first kappa shape index (κ1) is 13.4. The van der Waals surface area contributed by atoms with E-state index >= 15 is 0 Å². The van der Waals surface area contributed by atoms with Crippen LogP contribution in [0.4, 0.5) is 16.2 Å². The van der Waals surface area contributed by atoms with E-state index in [1.807, 2.05) is 0 Å². The molecule has 0 aliphatic rings. The van der Waals surface area contributed by atoms with Crippen LogP contribution in [0.1, 0.15) is 27.2 Å². The molecule has 0 aliphatic heterocycles. The molecule has 17 heavy (non-hydrogen) atoms. The summed E-state index contributed by atoms with van der Waals surface area (Å²) in [6, 6.07) is 6.92. The fourth-order valence-corrected chi connectivity index (χ4v) is 1.34. The Morgan fingerprint density at radius 2 is 2.06 bits per heavy atom. The summed E-state index contributed by atoms with van der Waals surface area (Å²) in [4.78, 5) is 11.5. The third-order valence-corrected chi connectivity index (χ3v) is 2.31. The van der Waals surface area contributed by atoms with Gasteiger partial charge in [-0.05, 0) is 30.0 Å². The highest BCUT2D eigenvalue weighted by molar-refractivity contribution is 5.89. The van der Waals surface area contributed by atoms with Crippen molar-refractivity contribution in [2.75, 3.05) is 17.6 Å². The van der Waals surface area contributed by atoms with Crippen molar-refractivity contribution < 1.29 is 4.79 Å². The summed E-state index contributed by atoms with van der Waals surface area (Å²) >= 11 is 0. The SMILES string of the molecule is CC(C)(C)CCNC(=O)Nc1cccc(N)c1. The van der Waals surface area contributed by atoms with Gasteiger partial charge in [0.25, 0.3) is 0 Å². The van der Waals surface area contributed by atoms with Gasteiger partial charge in [-0.25, -0.2) is 4.79 Å². The second-order valence-electron chi connectivity index (χ2n) is 5.32. The van der Waals surface area contributed by atoms with E-state index in [-0.39, 0.29) is 11.4 Å². The number of nitrogens with one attached hydrogen (secondary N) is 2. The standard InChI is InChI=1S/C13H21N3O/c1-13(2,3)7-8-15-12(17)16-11-6-4-5-10(14)9-11/h4-6,9H,7-8,14H2,1-3H3,(H2,15,16,17). The molecule has 1 aromatic rings. The van der Waals surface area contributed by atoms with Crippen molar-refractivity contribution in [2.24, 2.45) is 5.41 Å². The van der Waals surface area contributed by atoms with Crippen LogP contribution in [0, 0.1) is 5.41 Å². The first-order chi connectivity index (χ1) is 7.87. The Kier molecular flexibility index (Phi) is 4.37. The predicted molar refractivity (Wildman–Crippen MR) is 71.9 cm³/mol. The van der Waals surface area contributed by atoms with Crippen LogP contribution < -0.4 is 16.4 Å². The molecule has 94 valence electrons. The van der Waals surface area contributed by atoms with Gasteiger partial charge in [-0.1, -0.05) is 26.8 Å². The average Bonchev–Trinajstić information content (AvgIpc) is 2.15. The zero-order chi connectivity index (χ0) is 12.9. The van der Waals surface area contributed by atoms with Crippen molar-refractivity contribution >= 4 is 17.4 Å². The Morgan fingerprint density at radius 3 is 2.65 bits per heavy atom. The molecule has 0 spiro atoms. The van der Waals surface area contributed by atoms with Crippen molar-refractivity contribution in [1.29, 1.82) is 0 Å². The van der Waals surface area contributed by atoms with Gasteiger partial charge in [0.2, 0.25) is 0 Å². The van der Waals surface area contributed by atoms with Crippen LogP contribution in [0.3, 0.4) is 0 Å². The predicted octanol–water partition coefficient (Wildman–Crippen LogP) is 2.83. The molecule has 0 aromatic heterocycles. The third kappa shape index (κ3) is 5.80. The number of benzene rings is 1. The van der Waals surface area contributed by atoms with Gasteiger partial charge in [-0.15, -0.1) is 0 Å². The second kappa shape index (κ2) is 5.57. The maximum atomic E-state index is 11.5. The van der Waals surface area contributed by atoms with Gasteiger partial charge in [0, 0.05) is 17.9 Å². The molecular formula is C13H21N3O. The Bertz CT molecular complexity index is 382. The van der Waals surface area contributed by atoms with Gasteiger partial charge in [-0.3, -0.25) is 0 Å². The zero-order valence-electron chi connectivity index (χ0n) is 10.7. The summed E-state index contributed by atoms with van der Waals surface area (Å²) in [5.41, 5.74) is 7.19.